The van der Waals surface area contributed by atoms with Crippen molar-refractivity contribution in [2.45, 2.75) is 6.42 Å². The quantitative estimate of drug-likeness (QED) is 0.923. The normalized spacial score (nSPS) is 18.1. The van der Waals surface area contributed by atoms with Crippen molar-refractivity contribution in [3.63, 3.8) is 0 Å². The largest absolute Gasteiger partial charge is 0.344 e. The van der Waals surface area contributed by atoms with Crippen molar-refractivity contribution in [3.05, 3.63) is 42.7 Å². The number of hydrogen-bond donors (Lipinski definition) is 1. The Morgan fingerprint density at radius 2 is 1.90 bits per heavy atom. The van der Waals surface area contributed by atoms with Gasteiger partial charge in [-0.15, -0.1) is 0 Å². The number of hydrogen-bond acceptors (Lipinski definition) is 4. The molecule has 104 valence electrons. The second kappa shape index (κ2) is 6.01. The summed E-state index contributed by atoms with van der Waals surface area (Å²) in [5.41, 5.74) is 2.21. The minimum atomic E-state index is 0.706. The van der Waals surface area contributed by atoms with Crippen LogP contribution in [-0.4, -0.2) is 36.6 Å². The maximum atomic E-state index is 4.49. The standard InChI is InChI=1S/C16H20N4/c1-20(12-13-7-8-17-9-13)16-18-10-15(11-19-16)14-5-3-2-4-6-14/h2-6,10-11,13,17H,7-9,12H2,1H3. The molecule has 0 saturated carbocycles. The van der Waals surface area contributed by atoms with Gasteiger partial charge >= 0.3 is 0 Å². The van der Waals surface area contributed by atoms with Crippen molar-refractivity contribution < 1.29 is 0 Å². The molecule has 4 heteroatoms. The molecule has 0 spiro atoms. The molecular weight excluding hydrogens is 248 g/mol. The van der Waals surface area contributed by atoms with Gasteiger partial charge in [-0.2, -0.15) is 0 Å². The van der Waals surface area contributed by atoms with Gasteiger partial charge < -0.3 is 10.2 Å². The first kappa shape index (κ1) is 13.1. The van der Waals surface area contributed by atoms with Crippen LogP contribution in [0.1, 0.15) is 6.42 Å². The third-order valence-corrected chi connectivity index (χ3v) is 3.78. The van der Waals surface area contributed by atoms with Crippen molar-refractivity contribution >= 4 is 5.95 Å². The van der Waals surface area contributed by atoms with Crippen LogP contribution < -0.4 is 10.2 Å². The van der Waals surface area contributed by atoms with Crippen LogP contribution in [-0.2, 0) is 0 Å². The molecule has 0 bridgehead atoms. The van der Waals surface area contributed by atoms with Crippen LogP contribution in [0.25, 0.3) is 11.1 Å². The molecule has 1 fully saturated rings. The summed E-state index contributed by atoms with van der Waals surface area (Å²) >= 11 is 0. The second-order valence-corrected chi connectivity index (χ2v) is 5.38. The summed E-state index contributed by atoms with van der Waals surface area (Å²) in [4.78, 5) is 11.1. The Labute approximate surface area is 119 Å². The lowest BCUT2D eigenvalue weighted by molar-refractivity contribution is 0.573. The average molecular weight is 268 g/mol. The molecule has 3 rings (SSSR count). The van der Waals surface area contributed by atoms with E-state index in [0.717, 1.165) is 36.7 Å². The summed E-state index contributed by atoms with van der Waals surface area (Å²) < 4.78 is 0. The summed E-state index contributed by atoms with van der Waals surface area (Å²) in [5.74, 6) is 1.51. The molecule has 2 aromatic rings. The zero-order chi connectivity index (χ0) is 13.8. The van der Waals surface area contributed by atoms with Crippen LogP contribution in [0.4, 0.5) is 5.95 Å². The number of aromatic nitrogens is 2. The van der Waals surface area contributed by atoms with E-state index in [-0.39, 0.29) is 0 Å². The molecule has 1 aliphatic heterocycles. The molecule has 2 heterocycles. The highest BCUT2D eigenvalue weighted by Gasteiger charge is 2.17. The van der Waals surface area contributed by atoms with Gasteiger partial charge in [-0.05, 0) is 31.0 Å². The zero-order valence-electron chi connectivity index (χ0n) is 11.8. The fraction of sp³-hybridized carbons (Fsp3) is 0.375. The predicted octanol–water partition coefficient (Wildman–Crippen LogP) is 2.19. The van der Waals surface area contributed by atoms with E-state index < -0.39 is 0 Å². The highest BCUT2D eigenvalue weighted by Crippen LogP contribution is 2.19. The molecule has 1 aromatic heterocycles. The topological polar surface area (TPSA) is 41.0 Å². The van der Waals surface area contributed by atoms with Crippen LogP contribution in [0, 0.1) is 5.92 Å². The molecule has 1 N–H and O–H groups in total. The summed E-state index contributed by atoms with van der Waals surface area (Å²) in [7, 11) is 2.07. The van der Waals surface area contributed by atoms with Crippen LogP contribution >= 0.6 is 0 Å². The van der Waals surface area contributed by atoms with E-state index in [0.29, 0.717) is 5.92 Å². The fourth-order valence-corrected chi connectivity index (χ4v) is 2.64. The third kappa shape index (κ3) is 2.96. The van der Waals surface area contributed by atoms with Gasteiger partial charge in [0.15, 0.2) is 0 Å². The lowest BCUT2D eigenvalue weighted by Gasteiger charge is -2.20. The van der Waals surface area contributed by atoms with Gasteiger partial charge in [0.1, 0.15) is 0 Å². The number of nitrogens with zero attached hydrogens (tertiary/aromatic N) is 3. The summed E-state index contributed by atoms with van der Waals surface area (Å²) in [6, 6.07) is 10.2. The van der Waals surface area contributed by atoms with E-state index in [1.165, 1.54) is 6.42 Å². The average Bonchev–Trinajstić information content (AvgIpc) is 3.01. The Morgan fingerprint density at radius 3 is 2.55 bits per heavy atom. The molecule has 1 aromatic carbocycles. The second-order valence-electron chi connectivity index (χ2n) is 5.38. The molecule has 1 aliphatic rings. The van der Waals surface area contributed by atoms with Crippen LogP contribution in [0.15, 0.2) is 42.7 Å². The van der Waals surface area contributed by atoms with E-state index in [4.69, 9.17) is 0 Å². The maximum Gasteiger partial charge on any atom is 0.225 e. The van der Waals surface area contributed by atoms with Gasteiger partial charge in [0.2, 0.25) is 5.95 Å². The third-order valence-electron chi connectivity index (χ3n) is 3.78. The van der Waals surface area contributed by atoms with Crippen molar-refractivity contribution in [2.75, 3.05) is 31.6 Å². The minimum Gasteiger partial charge on any atom is -0.344 e. The first-order chi connectivity index (χ1) is 9.83. The van der Waals surface area contributed by atoms with Crippen molar-refractivity contribution in [1.82, 2.24) is 15.3 Å². The summed E-state index contributed by atoms with van der Waals surface area (Å²) in [6.45, 7) is 3.25. The highest BCUT2D eigenvalue weighted by atomic mass is 15.2. The van der Waals surface area contributed by atoms with Gasteiger partial charge in [-0.1, -0.05) is 30.3 Å². The van der Waals surface area contributed by atoms with Crippen molar-refractivity contribution in [2.24, 2.45) is 5.92 Å². The number of benzene rings is 1. The molecule has 0 aliphatic carbocycles. The number of anilines is 1. The van der Waals surface area contributed by atoms with E-state index in [1.54, 1.807) is 0 Å². The molecule has 0 amide bonds. The van der Waals surface area contributed by atoms with Crippen molar-refractivity contribution in [3.8, 4) is 11.1 Å². The lowest BCUT2D eigenvalue weighted by Crippen LogP contribution is -2.28. The van der Waals surface area contributed by atoms with Gasteiger partial charge in [0, 0.05) is 31.5 Å². The Balaban J connectivity index is 1.69. The Kier molecular flexibility index (Phi) is 3.92. The van der Waals surface area contributed by atoms with Crippen LogP contribution in [0.3, 0.4) is 0 Å². The van der Waals surface area contributed by atoms with Gasteiger partial charge in [0.05, 0.1) is 0 Å². The van der Waals surface area contributed by atoms with Gasteiger partial charge in [0.25, 0.3) is 0 Å². The molecule has 1 atom stereocenters. The summed E-state index contributed by atoms with van der Waals surface area (Å²) in [6.07, 6.45) is 5.05. The fourth-order valence-electron chi connectivity index (χ4n) is 2.64. The first-order valence-corrected chi connectivity index (χ1v) is 7.12. The van der Waals surface area contributed by atoms with Crippen molar-refractivity contribution in [1.29, 1.82) is 0 Å². The van der Waals surface area contributed by atoms with E-state index in [2.05, 4.69) is 39.4 Å². The monoisotopic (exact) mass is 268 g/mol. The Hall–Kier alpha value is -1.94. The predicted molar refractivity (Wildman–Crippen MR) is 81.7 cm³/mol. The molecule has 0 radical (unpaired) electrons. The Morgan fingerprint density at radius 1 is 1.15 bits per heavy atom. The van der Waals surface area contributed by atoms with E-state index >= 15 is 0 Å². The molecule has 1 saturated heterocycles. The first-order valence-electron chi connectivity index (χ1n) is 7.12. The maximum absolute atomic E-state index is 4.49. The molecule has 4 nitrogen and oxygen atoms in total. The molecular formula is C16H20N4. The van der Waals surface area contributed by atoms with E-state index in [1.807, 2.05) is 30.6 Å². The van der Waals surface area contributed by atoms with Crippen LogP contribution in [0.2, 0.25) is 0 Å². The minimum absolute atomic E-state index is 0.706. The summed E-state index contributed by atoms with van der Waals surface area (Å²) in [5, 5.41) is 3.39. The van der Waals surface area contributed by atoms with Gasteiger partial charge in [-0.25, -0.2) is 9.97 Å². The van der Waals surface area contributed by atoms with E-state index in [9.17, 15) is 0 Å². The smallest absolute Gasteiger partial charge is 0.225 e. The van der Waals surface area contributed by atoms with Gasteiger partial charge in [-0.3, -0.25) is 0 Å². The molecule has 20 heavy (non-hydrogen) atoms. The molecule has 1 unspecified atom stereocenters. The van der Waals surface area contributed by atoms with Crippen LogP contribution in [0.5, 0.6) is 0 Å². The number of rotatable bonds is 4. The number of nitrogens with one attached hydrogen (secondary N) is 1. The Bertz CT molecular complexity index is 532. The zero-order valence-corrected chi connectivity index (χ0v) is 11.8. The SMILES string of the molecule is CN(CC1CCNC1)c1ncc(-c2ccccc2)cn1. The highest BCUT2D eigenvalue weighted by molar-refractivity contribution is 5.61. The lowest BCUT2D eigenvalue weighted by atomic mass is 10.1.